The van der Waals surface area contributed by atoms with E-state index in [1.807, 2.05) is 0 Å². The van der Waals surface area contributed by atoms with Crippen LogP contribution in [0.4, 0.5) is 17.6 Å². The van der Waals surface area contributed by atoms with Crippen LogP contribution in [0.25, 0.3) is 0 Å². The first-order chi connectivity index (χ1) is 11.2. The maximum absolute atomic E-state index is 14.6. The molecule has 1 aromatic heterocycles. The van der Waals surface area contributed by atoms with Crippen LogP contribution in [-0.4, -0.2) is 45.4 Å². The lowest BCUT2D eigenvalue weighted by Gasteiger charge is -2.32. The summed E-state index contributed by atoms with van der Waals surface area (Å²) >= 11 is 0. The van der Waals surface area contributed by atoms with Gasteiger partial charge in [-0.2, -0.15) is 18.3 Å². The van der Waals surface area contributed by atoms with Crippen molar-refractivity contribution in [1.82, 2.24) is 9.78 Å². The number of hydrogen-bond donors (Lipinski definition) is 1. The van der Waals surface area contributed by atoms with Crippen molar-refractivity contribution in [2.24, 2.45) is 0 Å². The summed E-state index contributed by atoms with van der Waals surface area (Å²) in [6, 6.07) is 0. The smallest absolute Gasteiger partial charge is 0.478 e. The second-order valence-corrected chi connectivity index (χ2v) is 6.64. The zero-order chi connectivity index (χ0) is 19.2. The molecule has 1 N–H and O–H groups in total. The Morgan fingerprint density at radius 2 is 1.80 bits per heavy atom. The third-order valence-corrected chi connectivity index (χ3v) is 4.29. The van der Waals surface area contributed by atoms with Gasteiger partial charge in [0.15, 0.2) is 0 Å². The van der Waals surface area contributed by atoms with Gasteiger partial charge >= 0.3 is 19.3 Å². The number of halogens is 4. The molecule has 1 aromatic rings. The molecule has 0 aromatic carbocycles. The van der Waals surface area contributed by atoms with Gasteiger partial charge in [-0.3, -0.25) is 4.68 Å². The fourth-order valence-corrected chi connectivity index (χ4v) is 2.11. The monoisotopic (exact) mass is 364 g/mol. The van der Waals surface area contributed by atoms with Crippen molar-refractivity contribution in [3.05, 3.63) is 29.3 Å². The SMILES string of the molecule is CC1(C)OB(C(F)=C(Cn2cc(C(=O)O)cn2)C(F)(F)F)OC1(C)C. The van der Waals surface area contributed by atoms with E-state index < -0.39 is 48.3 Å². The number of carboxylic acids is 1. The summed E-state index contributed by atoms with van der Waals surface area (Å²) in [5.74, 6) is -1.35. The van der Waals surface area contributed by atoms with Gasteiger partial charge in [0, 0.05) is 6.20 Å². The first-order valence-electron chi connectivity index (χ1n) is 7.32. The lowest BCUT2D eigenvalue weighted by molar-refractivity contribution is -0.0968. The number of aromatic nitrogens is 2. The largest absolute Gasteiger partial charge is 0.525 e. The normalized spacial score (nSPS) is 20.6. The molecule has 2 heterocycles. The van der Waals surface area contributed by atoms with Crippen molar-refractivity contribution < 1.29 is 36.8 Å². The summed E-state index contributed by atoms with van der Waals surface area (Å²) in [6.07, 6.45) is -3.25. The molecule has 0 aliphatic carbocycles. The van der Waals surface area contributed by atoms with Crippen molar-refractivity contribution in [3.8, 4) is 0 Å². The zero-order valence-corrected chi connectivity index (χ0v) is 14.0. The maximum Gasteiger partial charge on any atom is 0.525 e. The van der Waals surface area contributed by atoms with Crippen LogP contribution in [0.1, 0.15) is 38.1 Å². The van der Waals surface area contributed by atoms with Crippen molar-refractivity contribution in [1.29, 1.82) is 0 Å². The molecular weight excluding hydrogens is 347 g/mol. The minimum Gasteiger partial charge on any atom is -0.478 e. The highest BCUT2D eigenvalue weighted by atomic mass is 19.4. The van der Waals surface area contributed by atoms with Crippen molar-refractivity contribution in [2.75, 3.05) is 0 Å². The molecule has 6 nitrogen and oxygen atoms in total. The molecule has 1 fully saturated rings. The third-order valence-electron chi connectivity index (χ3n) is 4.29. The number of carboxylic acid groups (broad SMARTS) is 1. The summed E-state index contributed by atoms with van der Waals surface area (Å²) in [6.45, 7) is 5.33. The minimum absolute atomic E-state index is 0.308. The van der Waals surface area contributed by atoms with Gasteiger partial charge in [0.05, 0.1) is 35.1 Å². The molecule has 25 heavy (non-hydrogen) atoms. The lowest BCUT2D eigenvalue weighted by atomic mass is 9.84. The first kappa shape index (κ1) is 19.4. The van der Waals surface area contributed by atoms with Crippen molar-refractivity contribution in [2.45, 2.75) is 51.6 Å². The Balaban J connectivity index is 2.36. The molecule has 11 heteroatoms. The van der Waals surface area contributed by atoms with Gasteiger partial charge in [0.1, 0.15) is 5.73 Å². The second kappa shape index (κ2) is 6.13. The number of nitrogens with zero attached hydrogens (tertiary/aromatic N) is 2. The summed E-state index contributed by atoms with van der Waals surface area (Å²) < 4.78 is 65.7. The highest BCUT2D eigenvalue weighted by Crippen LogP contribution is 2.41. The third kappa shape index (κ3) is 3.87. The molecule has 0 atom stereocenters. The van der Waals surface area contributed by atoms with Gasteiger partial charge in [-0.05, 0) is 27.7 Å². The Morgan fingerprint density at radius 1 is 1.28 bits per heavy atom. The Morgan fingerprint density at radius 3 is 2.20 bits per heavy atom. The Kier molecular flexibility index (Phi) is 4.77. The van der Waals surface area contributed by atoms with Crippen molar-refractivity contribution in [3.63, 3.8) is 0 Å². The second-order valence-electron chi connectivity index (χ2n) is 6.64. The van der Waals surface area contributed by atoms with Gasteiger partial charge < -0.3 is 14.4 Å². The molecule has 0 saturated carbocycles. The standard InChI is InChI=1S/C14H17BF4N2O4/c1-12(2)13(3,4)25-15(24-12)10(16)9(14(17,18)19)7-21-6-8(5-20-21)11(22)23/h5-6H,7H2,1-4H3,(H,22,23). The molecule has 2 rings (SSSR count). The van der Waals surface area contributed by atoms with E-state index in [-0.39, 0.29) is 5.56 Å². The highest BCUT2D eigenvalue weighted by Gasteiger charge is 2.55. The minimum atomic E-state index is -5.01. The van der Waals surface area contributed by atoms with Gasteiger partial charge in [-0.1, -0.05) is 0 Å². The summed E-state index contributed by atoms with van der Waals surface area (Å²) in [7, 11) is -1.81. The van der Waals surface area contributed by atoms with Crippen LogP contribution in [0.2, 0.25) is 0 Å². The molecule has 0 radical (unpaired) electrons. The van der Waals surface area contributed by atoms with Crippen LogP contribution in [0.5, 0.6) is 0 Å². The Bertz CT molecular complexity index is 696. The molecule has 0 unspecified atom stereocenters. The predicted octanol–water partition coefficient (Wildman–Crippen LogP) is 3.00. The van der Waals surface area contributed by atoms with Crippen LogP contribution in [-0.2, 0) is 15.9 Å². The molecule has 1 aliphatic heterocycles. The Hall–Kier alpha value is -1.88. The number of aromatic carboxylic acids is 1. The fourth-order valence-electron chi connectivity index (χ4n) is 2.11. The van der Waals surface area contributed by atoms with Crippen LogP contribution in [0.3, 0.4) is 0 Å². The van der Waals surface area contributed by atoms with E-state index >= 15 is 0 Å². The topological polar surface area (TPSA) is 73.6 Å². The predicted molar refractivity (Wildman–Crippen MR) is 79.5 cm³/mol. The van der Waals surface area contributed by atoms with E-state index in [0.29, 0.717) is 4.68 Å². The molecule has 0 spiro atoms. The van der Waals surface area contributed by atoms with E-state index in [0.717, 1.165) is 12.4 Å². The van der Waals surface area contributed by atoms with Gasteiger partial charge in [0.2, 0.25) is 0 Å². The molecule has 138 valence electrons. The van der Waals surface area contributed by atoms with E-state index in [9.17, 15) is 22.4 Å². The number of hydrogen-bond acceptors (Lipinski definition) is 4. The number of carbonyl (C=O) groups is 1. The van der Waals surface area contributed by atoms with Crippen LogP contribution in [0, 0.1) is 0 Å². The molecule has 1 aliphatic rings. The van der Waals surface area contributed by atoms with Crippen LogP contribution in [0.15, 0.2) is 23.7 Å². The van der Waals surface area contributed by atoms with E-state index in [1.54, 1.807) is 27.7 Å². The summed E-state index contributed by atoms with van der Waals surface area (Å²) in [4.78, 5) is 10.8. The Labute approximate surface area is 141 Å². The average Bonchev–Trinajstić information content (AvgIpc) is 2.97. The van der Waals surface area contributed by atoms with E-state index in [1.165, 1.54) is 0 Å². The van der Waals surface area contributed by atoms with Gasteiger partial charge in [-0.25, -0.2) is 9.18 Å². The number of alkyl halides is 3. The quantitative estimate of drug-likeness (QED) is 0.657. The molecule has 1 saturated heterocycles. The van der Waals surface area contributed by atoms with E-state index in [2.05, 4.69) is 5.10 Å². The summed E-state index contributed by atoms with van der Waals surface area (Å²) in [5.41, 5.74) is -5.48. The number of rotatable bonds is 4. The van der Waals surface area contributed by atoms with Gasteiger partial charge in [0.25, 0.3) is 0 Å². The highest BCUT2D eigenvalue weighted by molar-refractivity contribution is 6.53. The first-order valence-corrected chi connectivity index (χ1v) is 7.32. The fraction of sp³-hybridized carbons (Fsp3) is 0.571. The maximum atomic E-state index is 14.6. The van der Waals surface area contributed by atoms with Gasteiger partial charge in [-0.15, -0.1) is 0 Å². The lowest BCUT2D eigenvalue weighted by Crippen LogP contribution is -2.41. The average molecular weight is 364 g/mol. The molecular formula is C14H17BF4N2O4. The molecule has 0 bridgehead atoms. The van der Waals surface area contributed by atoms with Crippen LogP contribution >= 0.6 is 0 Å². The van der Waals surface area contributed by atoms with Crippen LogP contribution < -0.4 is 0 Å². The van der Waals surface area contributed by atoms with Crippen molar-refractivity contribution >= 4 is 13.1 Å². The molecule has 0 amide bonds. The summed E-state index contributed by atoms with van der Waals surface area (Å²) in [5, 5.41) is 12.3. The van der Waals surface area contributed by atoms with E-state index in [4.69, 9.17) is 14.4 Å². The number of allylic oxidation sites excluding steroid dienone is 1. The zero-order valence-electron chi connectivity index (χ0n) is 14.0.